The van der Waals surface area contributed by atoms with Crippen LogP contribution in [0.4, 0.5) is 10.5 Å². The van der Waals surface area contributed by atoms with Gasteiger partial charge in [0, 0.05) is 41.8 Å². The second-order valence-electron chi connectivity index (χ2n) is 6.42. The largest absolute Gasteiger partial charge is 0.331 e. The third-order valence-corrected chi connectivity index (χ3v) is 5.68. The van der Waals surface area contributed by atoms with Crippen LogP contribution < -0.4 is 10.6 Å². The van der Waals surface area contributed by atoms with Gasteiger partial charge in [-0.3, -0.25) is 4.90 Å². The summed E-state index contributed by atoms with van der Waals surface area (Å²) in [4.78, 5) is 14.9. The highest BCUT2D eigenvalue weighted by atomic mass is 35.5. The summed E-state index contributed by atoms with van der Waals surface area (Å²) in [5.41, 5.74) is 3.03. The fourth-order valence-electron chi connectivity index (χ4n) is 2.97. The fourth-order valence-corrected chi connectivity index (χ4v) is 4.07. The maximum absolute atomic E-state index is 12.4. The van der Waals surface area contributed by atoms with Gasteiger partial charge in [0.05, 0.1) is 6.04 Å². The molecule has 1 atom stereocenters. The highest BCUT2D eigenvalue weighted by Gasteiger charge is 2.15. The Morgan fingerprint density at radius 2 is 1.85 bits per heavy atom. The summed E-state index contributed by atoms with van der Waals surface area (Å²) in [6.07, 6.45) is 0. The van der Waals surface area contributed by atoms with Gasteiger partial charge in [0.15, 0.2) is 0 Å². The van der Waals surface area contributed by atoms with Crippen molar-refractivity contribution in [3.63, 3.8) is 0 Å². The lowest BCUT2D eigenvalue weighted by Crippen LogP contribution is -2.33. The van der Waals surface area contributed by atoms with Crippen molar-refractivity contribution >= 4 is 35.1 Å². The number of anilines is 1. The molecule has 2 N–H and O–H groups in total. The molecule has 1 unspecified atom stereocenters. The Kier molecular flexibility index (Phi) is 6.83. The lowest BCUT2D eigenvalue weighted by Gasteiger charge is -2.27. The number of rotatable bonds is 5. The van der Waals surface area contributed by atoms with Crippen LogP contribution in [0.3, 0.4) is 0 Å². The van der Waals surface area contributed by atoms with Gasteiger partial charge in [0.2, 0.25) is 0 Å². The van der Waals surface area contributed by atoms with Crippen LogP contribution in [0.1, 0.15) is 24.1 Å². The molecule has 0 aromatic heterocycles. The minimum absolute atomic E-state index is 0.0986. The van der Waals surface area contributed by atoms with Crippen LogP contribution in [-0.2, 0) is 6.54 Å². The number of thioether (sulfide) groups is 1. The molecule has 138 valence electrons. The zero-order valence-corrected chi connectivity index (χ0v) is 16.4. The highest BCUT2D eigenvalue weighted by Crippen LogP contribution is 2.20. The maximum Gasteiger partial charge on any atom is 0.319 e. The van der Waals surface area contributed by atoms with E-state index in [0.29, 0.717) is 5.02 Å². The normalized spacial score (nSPS) is 16.1. The van der Waals surface area contributed by atoms with Crippen molar-refractivity contribution in [2.45, 2.75) is 19.5 Å². The molecule has 2 amide bonds. The summed E-state index contributed by atoms with van der Waals surface area (Å²) in [7, 11) is 0. The second-order valence-corrected chi connectivity index (χ2v) is 8.08. The lowest BCUT2D eigenvalue weighted by atomic mass is 10.1. The average molecular weight is 390 g/mol. The molecule has 1 aliphatic rings. The van der Waals surface area contributed by atoms with Crippen LogP contribution in [-0.4, -0.2) is 35.5 Å². The first-order chi connectivity index (χ1) is 12.6. The van der Waals surface area contributed by atoms with E-state index in [9.17, 15) is 4.79 Å². The molecule has 2 aromatic rings. The number of hydrogen-bond donors (Lipinski definition) is 2. The summed E-state index contributed by atoms with van der Waals surface area (Å²) >= 11 is 7.92. The van der Waals surface area contributed by atoms with E-state index in [1.807, 2.05) is 61.2 Å². The van der Waals surface area contributed by atoms with Gasteiger partial charge >= 0.3 is 6.03 Å². The van der Waals surface area contributed by atoms with E-state index < -0.39 is 0 Å². The van der Waals surface area contributed by atoms with E-state index in [4.69, 9.17) is 11.6 Å². The molecular weight excluding hydrogens is 366 g/mol. The van der Waals surface area contributed by atoms with Gasteiger partial charge in [-0.05, 0) is 36.2 Å². The summed E-state index contributed by atoms with van der Waals surface area (Å²) in [6.45, 7) is 5.02. The van der Waals surface area contributed by atoms with E-state index in [0.717, 1.165) is 36.4 Å². The van der Waals surface area contributed by atoms with Crippen LogP contribution in [0.5, 0.6) is 0 Å². The van der Waals surface area contributed by atoms with Crippen LogP contribution in [0.2, 0.25) is 5.02 Å². The van der Waals surface area contributed by atoms with Gasteiger partial charge in [-0.2, -0.15) is 11.8 Å². The monoisotopic (exact) mass is 389 g/mol. The van der Waals surface area contributed by atoms with E-state index in [2.05, 4.69) is 21.6 Å². The Balaban J connectivity index is 1.60. The van der Waals surface area contributed by atoms with E-state index in [1.54, 1.807) is 0 Å². The Hall–Kier alpha value is -1.69. The number of benzene rings is 2. The Morgan fingerprint density at radius 1 is 1.15 bits per heavy atom. The highest BCUT2D eigenvalue weighted by molar-refractivity contribution is 7.99. The minimum atomic E-state index is -0.200. The van der Waals surface area contributed by atoms with Gasteiger partial charge in [-0.15, -0.1) is 0 Å². The van der Waals surface area contributed by atoms with Crippen LogP contribution in [0.25, 0.3) is 0 Å². The standard InChI is InChI=1S/C20H24ClN3OS/c1-15(16-6-8-18(21)9-7-16)22-20(25)23-19-5-3-2-4-17(19)14-24-10-12-26-13-11-24/h2-9,15H,10-14H2,1H3,(H2,22,23,25). The van der Waals surface area contributed by atoms with E-state index >= 15 is 0 Å². The molecule has 2 aromatic carbocycles. The molecule has 1 heterocycles. The van der Waals surface area contributed by atoms with Crippen LogP contribution >= 0.6 is 23.4 Å². The zero-order chi connectivity index (χ0) is 18.4. The summed E-state index contributed by atoms with van der Waals surface area (Å²) in [6, 6.07) is 15.2. The molecule has 0 spiro atoms. The number of para-hydroxylation sites is 1. The number of nitrogens with one attached hydrogen (secondary N) is 2. The zero-order valence-electron chi connectivity index (χ0n) is 14.9. The van der Waals surface area contributed by atoms with Crippen molar-refractivity contribution in [3.05, 3.63) is 64.7 Å². The van der Waals surface area contributed by atoms with Crippen molar-refractivity contribution in [1.82, 2.24) is 10.2 Å². The first kappa shape index (κ1) is 19.1. The van der Waals surface area contributed by atoms with Crippen molar-refractivity contribution in [3.8, 4) is 0 Å². The first-order valence-electron chi connectivity index (χ1n) is 8.83. The smallest absolute Gasteiger partial charge is 0.319 e. The van der Waals surface area contributed by atoms with Crippen LogP contribution in [0.15, 0.2) is 48.5 Å². The predicted octanol–water partition coefficient (Wildman–Crippen LogP) is 4.77. The van der Waals surface area contributed by atoms with Gasteiger partial charge in [0.25, 0.3) is 0 Å². The number of nitrogens with zero attached hydrogens (tertiary/aromatic N) is 1. The molecule has 4 nitrogen and oxygen atoms in total. The summed E-state index contributed by atoms with van der Waals surface area (Å²) in [5, 5.41) is 6.68. The molecule has 1 fully saturated rings. The molecule has 0 saturated carbocycles. The predicted molar refractivity (Wildman–Crippen MR) is 111 cm³/mol. The van der Waals surface area contributed by atoms with Crippen molar-refractivity contribution in [1.29, 1.82) is 0 Å². The van der Waals surface area contributed by atoms with E-state index in [1.165, 1.54) is 11.5 Å². The summed E-state index contributed by atoms with van der Waals surface area (Å²) < 4.78 is 0. The van der Waals surface area contributed by atoms with E-state index in [-0.39, 0.29) is 12.1 Å². The minimum Gasteiger partial charge on any atom is -0.331 e. The molecule has 0 aliphatic carbocycles. The third-order valence-electron chi connectivity index (χ3n) is 4.48. The fraction of sp³-hybridized carbons (Fsp3) is 0.350. The van der Waals surface area contributed by atoms with Gasteiger partial charge in [-0.25, -0.2) is 4.79 Å². The number of urea groups is 1. The molecule has 0 bridgehead atoms. The molecule has 3 rings (SSSR count). The number of amides is 2. The number of carbonyl (C=O) groups is 1. The summed E-state index contributed by atoms with van der Waals surface area (Å²) in [5.74, 6) is 2.35. The number of hydrogen-bond acceptors (Lipinski definition) is 3. The van der Waals surface area contributed by atoms with Crippen molar-refractivity contribution < 1.29 is 4.79 Å². The molecule has 6 heteroatoms. The number of carbonyl (C=O) groups excluding carboxylic acids is 1. The van der Waals surface area contributed by atoms with Gasteiger partial charge < -0.3 is 10.6 Å². The average Bonchev–Trinajstić information content (AvgIpc) is 2.64. The van der Waals surface area contributed by atoms with Gasteiger partial charge in [-0.1, -0.05) is 41.9 Å². The topological polar surface area (TPSA) is 44.4 Å². The molecule has 0 radical (unpaired) electrons. The first-order valence-corrected chi connectivity index (χ1v) is 10.4. The Bertz CT molecular complexity index is 732. The van der Waals surface area contributed by atoms with Crippen LogP contribution in [0, 0.1) is 0 Å². The lowest BCUT2D eigenvalue weighted by molar-refractivity contribution is 0.249. The molecule has 26 heavy (non-hydrogen) atoms. The molecule has 1 aliphatic heterocycles. The quantitative estimate of drug-likeness (QED) is 0.774. The Labute approximate surface area is 164 Å². The maximum atomic E-state index is 12.4. The third kappa shape index (κ3) is 5.40. The Morgan fingerprint density at radius 3 is 2.58 bits per heavy atom. The molecular formula is C20H24ClN3OS. The number of halogens is 1. The van der Waals surface area contributed by atoms with Gasteiger partial charge in [0.1, 0.15) is 0 Å². The molecule has 1 saturated heterocycles. The van der Waals surface area contributed by atoms with Crippen molar-refractivity contribution in [2.24, 2.45) is 0 Å². The van der Waals surface area contributed by atoms with Crippen molar-refractivity contribution in [2.75, 3.05) is 29.9 Å². The SMILES string of the molecule is CC(NC(=O)Nc1ccccc1CN1CCSCC1)c1ccc(Cl)cc1. The second kappa shape index (κ2) is 9.31.